The number of hydrazine groups is 1. The minimum absolute atomic E-state index is 0.413. The fourth-order valence-electron chi connectivity index (χ4n) is 2.13. The Kier molecular flexibility index (Phi) is 4.47. The van der Waals surface area contributed by atoms with Crippen molar-refractivity contribution in [2.24, 2.45) is 17.5 Å². The summed E-state index contributed by atoms with van der Waals surface area (Å²) in [5.74, 6) is 6.39. The normalized spacial score (nSPS) is 17.8. The van der Waals surface area contributed by atoms with Crippen LogP contribution in [0.25, 0.3) is 0 Å². The number of hydrogen-bond donors (Lipinski definition) is 3. The first-order chi connectivity index (χ1) is 8.66. The molecule has 18 heavy (non-hydrogen) atoms. The van der Waals surface area contributed by atoms with Gasteiger partial charge < -0.3 is 11.1 Å². The summed E-state index contributed by atoms with van der Waals surface area (Å²) >= 11 is 5.93. The summed E-state index contributed by atoms with van der Waals surface area (Å²) in [5.41, 5.74) is 7.77. The number of halogens is 1. The molecular formula is C13H19ClN4. The molecule has 0 spiro atoms. The molecule has 0 bridgehead atoms. The van der Waals surface area contributed by atoms with E-state index in [4.69, 9.17) is 23.2 Å². The minimum atomic E-state index is 0.413. The third-order valence-corrected chi connectivity index (χ3v) is 3.44. The highest BCUT2D eigenvalue weighted by Crippen LogP contribution is 2.21. The molecule has 0 unspecified atom stereocenters. The molecule has 0 saturated carbocycles. The second-order valence-corrected chi connectivity index (χ2v) is 4.98. The lowest BCUT2D eigenvalue weighted by atomic mass is 9.95. The maximum absolute atomic E-state index is 6.10. The van der Waals surface area contributed by atoms with Crippen LogP contribution in [-0.2, 0) is 0 Å². The quantitative estimate of drug-likeness (QED) is 0.577. The summed E-state index contributed by atoms with van der Waals surface area (Å²) in [4.78, 5) is 0. The summed E-state index contributed by atoms with van der Waals surface area (Å²) in [6.45, 7) is 2.03. The van der Waals surface area contributed by atoms with E-state index in [0.29, 0.717) is 10.9 Å². The van der Waals surface area contributed by atoms with Crippen LogP contribution in [0.2, 0.25) is 5.02 Å². The predicted octanol–water partition coefficient (Wildman–Crippen LogP) is 1.82. The highest BCUT2D eigenvalue weighted by Gasteiger charge is 2.15. The lowest BCUT2D eigenvalue weighted by Gasteiger charge is -2.24. The van der Waals surface area contributed by atoms with Crippen molar-refractivity contribution < 1.29 is 0 Å². The van der Waals surface area contributed by atoms with Crippen LogP contribution in [-0.4, -0.2) is 13.1 Å². The Balaban J connectivity index is 2.06. The third kappa shape index (κ3) is 3.38. The monoisotopic (exact) mass is 266 g/mol. The molecule has 1 aliphatic heterocycles. The number of allylic oxidation sites excluding steroid dienone is 1. The van der Waals surface area contributed by atoms with E-state index in [1.54, 1.807) is 6.20 Å². The molecule has 1 heterocycles. The second-order valence-electron chi connectivity index (χ2n) is 4.54. The summed E-state index contributed by atoms with van der Waals surface area (Å²) < 4.78 is 0. The van der Waals surface area contributed by atoms with Gasteiger partial charge in [0.1, 0.15) is 0 Å². The molecule has 5 heteroatoms. The molecule has 0 atom stereocenters. The van der Waals surface area contributed by atoms with Crippen LogP contribution in [0.5, 0.6) is 0 Å². The Morgan fingerprint density at radius 3 is 2.78 bits per heavy atom. The summed E-state index contributed by atoms with van der Waals surface area (Å²) in [7, 11) is 0. The Morgan fingerprint density at radius 1 is 1.39 bits per heavy atom. The van der Waals surface area contributed by atoms with E-state index in [1.807, 2.05) is 24.3 Å². The van der Waals surface area contributed by atoms with Gasteiger partial charge in [0, 0.05) is 22.8 Å². The number of rotatable bonds is 3. The van der Waals surface area contributed by atoms with Gasteiger partial charge in [0.15, 0.2) is 0 Å². The number of nitrogens with two attached hydrogens (primary N) is 2. The van der Waals surface area contributed by atoms with Crippen molar-refractivity contribution in [3.8, 4) is 0 Å². The van der Waals surface area contributed by atoms with Crippen LogP contribution in [0.3, 0.4) is 0 Å². The number of nitrogens with one attached hydrogen (secondary N) is 1. The number of benzene rings is 1. The number of hydrogen-bond acceptors (Lipinski definition) is 4. The van der Waals surface area contributed by atoms with Gasteiger partial charge in [-0.25, -0.2) is 5.84 Å². The highest BCUT2D eigenvalue weighted by molar-refractivity contribution is 6.30. The number of nitrogens with zero attached hydrogens (tertiary/aromatic N) is 1. The zero-order valence-electron chi connectivity index (χ0n) is 10.3. The minimum Gasteiger partial charge on any atom is -0.401 e. The maximum atomic E-state index is 6.10. The number of anilines is 1. The maximum Gasteiger partial charge on any atom is 0.0583 e. The van der Waals surface area contributed by atoms with Crippen molar-refractivity contribution in [2.75, 3.05) is 18.1 Å². The summed E-state index contributed by atoms with van der Waals surface area (Å²) in [5, 5.41) is 5.51. The van der Waals surface area contributed by atoms with Crippen molar-refractivity contribution >= 4 is 17.3 Å². The Morgan fingerprint density at radius 2 is 2.11 bits per heavy atom. The fraction of sp³-hybridized carbons (Fsp3) is 0.385. The molecule has 0 radical (unpaired) electrons. The van der Waals surface area contributed by atoms with Gasteiger partial charge in [-0.1, -0.05) is 17.7 Å². The van der Waals surface area contributed by atoms with Gasteiger partial charge in [-0.05, 0) is 44.1 Å². The van der Waals surface area contributed by atoms with Gasteiger partial charge in [0.05, 0.1) is 5.69 Å². The molecule has 4 nitrogen and oxygen atoms in total. The van der Waals surface area contributed by atoms with E-state index < -0.39 is 0 Å². The average Bonchev–Trinajstić information content (AvgIpc) is 2.39. The lowest BCUT2D eigenvalue weighted by molar-refractivity contribution is 0.416. The van der Waals surface area contributed by atoms with Gasteiger partial charge in [0.25, 0.3) is 0 Å². The van der Waals surface area contributed by atoms with Gasteiger partial charge in [0.2, 0.25) is 0 Å². The van der Waals surface area contributed by atoms with E-state index in [0.717, 1.165) is 37.3 Å². The molecule has 1 aromatic carbocycles. The average molecular weight is 267 g/mol. The van der Waals surface area contributed by atoms with Crippen LogP contribution >= 0.6 is 11.6 Å². The second kappa shape index (κ2) is 6.09. The predicted molar refractivity (Wildman–Crippen MR) is 76.0 cm³/mol. The first kappa shape index (κ1) is 13.2. The Bertz CT molecular complexity index is 427. The standard InChI is InChI=1S/C13H19ClN4/c14-11-2-1-3-12(8-11)18(16)9-13(15)10-4-6-17-7-5-10/h1-3,8-10,17H,4-7,15-16H2/b13-9-. The van der Waals surface area contributed by atoms with Crippen LogP contribution in [0.1, 0.15) is 12.8 Å². The van der Waals surface area contributed by atoms with E-state index in [-0.39, 0.29) is 0 Å². The Hall–Kier alpha value is -1.23. The number of piperidine rings is 1. The SMILES string of the molecule is N/C(=C\N(N)c1cccc(Cl)c1)C1CCNCC1. The summed E-state index contributed by atoms with van der Waals surface area (Å²) in [6, 6.07) is 7.40. The molecule has 0 aliphatic carbocycles. The van der Waals surface area contributed by atoms with Gasteiger partial charge in [-0.15, -0.1) is 0 Å². The lowest BCUT2D eigenvalue weighted by Crippen LogP contribution is -2.33. The highest BCUT2D eigenvalue weighted by atomic mass is 35.5. The van der Waals surface area contributed by atoms with Gasteiger partial charge in [-0.3, -0.25) is 5.01 Å². The molecule has 98 valence electrons. The largest absolute Gasteiger partial charge is 0.401 e. The molecule has 5 N–H and O–H groups in total. The van der Waals surface area contributed by atoms with Crippen molar-refractivity contribution in [1.82, 2.24) is 5.32 Å². The van der Waals surface area contributed by atoms with Crippen molar-refractivity contribution in [2.45, 2.75) is 12.8 Å². The molecule has 1 saturated heterocycles. The molecule has 1 aromatic rings. The van der Waals surface area contributed by atoms with Crippen LogP contribution < -0.4 is 21.9 Å². The van der Waals surface area contributed by atoms with E-state index in [1.165, 1.54) is 5.01 Å². The van der Waals surface area contributed by atoms with E-state index in [9.17, 15) is 0 Å². The summed E-state index contributed by atoms with van der Waals surface area (Å²) in [6.07, 6.45) is 3.92. The van der Waals surface area contributed by atoms with Crippen LogP contribution in [0.15, 0.2) is 36.2 Å². The first-order valence-electron chi connectivity index (χ1n) is 6.14. The molecular weight excluding hydrogens is 248 g/mol. The molecule has 1 aliphatic rings. The fourth-order valence-corrected chi connectivity index (χ4v) is 2.32. The molecule has 0 aromatic heterocycles. The van der Waals surface area contributed by atoms with Crippen molar-refractivity contribution in [3.05, 3.63) is 41.2 Å². The smallest absolute Gasteiger partial charge is 0.0583 e. The Labute approximate surface area is 113 Å². The van der Waals surface area contributed by atoms with E-state index in [2.05, 4.69) is 5.32 Å². The zero-order chi connectivity index (χ0) is 13.0. The first-order valence-corrected chi connectivity index (χ1v) is 6.52. The topological polar surface area (TPSA) is 67.3 Å². The van der Waals surface area contributed by atoms with Gasteiger partial charge in [-0.2, -0.15) is 0 Å². The van der Waals surface area contributed by atoms with Crippen LogP contribution in [0, 0.1) is 5.92 Å². The van der Waals surface area contributed by atoms with Crippen molar-refractivity contribution in [1.29, 1.82) is 0 Å². The third-order valence-electron chi connectivity index (χ3n) is 3.21. The van der Waals surface area contributed by atoms with Crippen molar-refractivity contribution in [3.63, 3.8) is 0 Å². The molecule has 2 rings (SSSR count). The van der Waals surface area contributed by atoms with E-state index >= 15 is 0 Å². The molecule has 0 amide bonds. The molecule has 1 fully saturated rings. The zero-order valence-corrected chi connectivity index (χ0v) is 11.0. The van der Waals surface area contributed by atoms with Gasteiger partial charge >= 0.3 is 0 Å². The van der Waals surface area contributed by atoms with Crippen LogP contribution in [0.4, 0.5) is 5.69 Å².